The molecule has 0 spiro atoms. The van der Waals surface area contributed by atoms with Crippen LogP contribution < -0.4 is 19.1 Å². The number of hydrogen-bond acceptors (Lipinski definition) is 5. The van der Waals surface area contributed by atoms with Gasteiger partial charge in [0.25, 0.3) is 0 Å². The quantitative estimate of drug-likeness (QED) is 0.619. The van der Waals surface area contributed by atoms with Crippen LogP contribution in [0.1, 0.15) is 42.7 Å². The molecule has 2 aromatic carbocycles. The van der Waals surface area contributed by atoms with E-state index < -0.39 is 0 Å². The predicted octanol–water partition coefficient (Wildman–Crippen LogP) is 5.20. The lowest BCUT2D eigenvalue weighted by molar-refractivity contribution is -0.119. The number of carbonyl (C=O) groups is 2. The molecule has 0 aromatic heterocycles. The Morgan fingerprint density at radius 3 is 2.31 bits per heavy atom. The Labute approximate surface area is 192 Å². The van der Waals surface area contributed by atoms with E-state index in [-0.39, 0.29) is 24.0 Å². The minimum atomic E-state index is -0.380. The molecule has 1 aliphatic carbocycles. The second-order valence-electron chi connectivity index (χ2n) is 7.97. The van der Waals surface area contributed by atoms with E-state index in [4.69, 9.17) is 25.8 Å². The van der Waals surface area contributed by atoms with Crippen LogP contribution in [0.15, 0.2) is 41.6 Å². The van der Waals surface area contributed by atoms with E-state index in [0.717, 1.165) is 22.5 Å². The van der Waals surface area contributed by atoms with Gasteiger partial charge in [0.2, 0.25) is 11.7 Å². The summed E-state index contributed by atoms with van der Waals surface area (Å²) in [6.07, 6.45) is 1.99. The molecular formula is C25H26ClNO5. The van der Waals surface area contributed by atoms with Crippen LogP contribution in [0.3, 0.4) is 0 Å². The number of ketones is 1. The number of nitrogens with zero attached hydrogens (tertiary/aromatic N) is 1. The van der Waals surface area contributed by atoms with Crippen molar-refractivity contribution in [2.75, 3.05) is 26.2 Å². The highest BCUT2D eigenvalue weighted by molar-refractivity contribution is 6.31. The van der Waals surface area contributed by atoms with Gasteiger partial charge in [-0.05, 0) is 55.2 Å². The van der Waals surface area contributed by atoms with Crippen LogP contribution in [0.25, 0.3) is 0 Å². The lowest BCUT2D eigenvalue weighted by atomic mass is 9.77. The van der Waals surface area contributed by atoms with Crippen molar-refractivity contribution in [1.29, 1.82) is 0 Å². The number of hydrogen-bond donors (Lipinski definition) is 0. The van der Waals surface area contributed by atoms with Gasteiger partial charge in [0.1, 0.15) is 0 Å². The largest absolute Gasteiger partial charge is 0.493 e. The molecule has 1 atom stereocenters. The number of amides is 1. The monoisotopic (exact) mass is 455 g/mol. The summed E-state index contributed by atoms with van der Waals surface area (Å²) in [6, 6.07) is 9.16. The molecule has 1 aliphatic heterocycles. The van der Waals surface area contributed by atoms with Crippen LogP contribution in [-0.2, 0) is 9.59 Å². The molecule has 0 saturated carbocycles. The van der Waals surface area contributed by atoms with Gasteiger partial charge in [-0.15, -0.1) is 0 Å². The molecule has 0 saturated heterocycles. The van der Waals surface area contributed by atoms with Gasteiger partial charge in [-0.1, -0.05) is 17.7 Å². The zero-order valence-corrected chi connectivity index (χ0v) is 19.4. The van der Waals surface area contributed by atoms with Gasteiger partial charge in [0.05, 0.1) is 27.0 Å². The van der Waals surface area contributed by atoms with Crippen LogP contribution in [0.4, 0.5) is 5.69 Å². The van der Waals surface area contributed by atoms with Crippen molar-refractivity contribution in [3.8, 4) is 17.2 Å². The fraction of sp³-hybridized carbons (Fsp3) is 0.360. The second-order valence-corrected chi connectivity index (χ2v) is 8.37. The molecule has 2 aliphatic rings. The fourth-order valence-corrected chi connectivity index (χ4v) is 4.87. The number of anilines is 1. The molecule has 0 N–H and O–H groups in total. The number of benzene rings is 2. The number of halogens is 1. The highest BCUT2D eigenvalue weighted by Crippen LogP contribution is 2.48. The van der Waals surface area contributed by atoms with Crippen molar-refractivity contribution in [2.24, 2.45) is 0 Å². The molecule has 0 fully saturated rings. The first-order valence-corrected chi connectivity index (χ1v) is 10.9. The Kier molecular flexibility index (Phi) is 6.15. The van der Waals surface area contributed by atoms with Gasteiger partial charge in [0.15, 0.2) is 17.3 Å². The average Bonchev–Trinajstić information content (AvgIpc) is 2.80. The molecule has 4 rings (SSSR count). The standard InChI is InChI=1S/C25H26ClNO5/c1-14-17(26)7-5-8-18(14)27-19-9-6-10-20(28)24(19)16(13-23(27)29)15-11-21(30-2)25(32-4)22(12-15)31-3/h5,7-8,11-12,16H,6,9-10,13H2,1-4H3/t16-/m0/s1. The van der Waals surface area contributed by atoms with Crippen molar-refractivity contribution in [3.63, 3.8) is 0 Å². The third-order valence-electron chi connectivity index (χ3n) is 6.24. The first-order chi connectivity index (χ1) is 15.4. The van der Waals surface area contributed by atoms with Crippen molar-refractivity contribution in [3.05, 3.63) is 57.8 Å². The summed E-state index contributed by atoms with van der Waals surface area (Å²) in [4.78, 5) is 28.4. The lowest BCUT2D eigenvalue weighted by Gasteiger charge is -2.39. The Morgan fingerprint density at radius 1 is 1.00 bits per heavy atom. The minimum absolute atomic E-state index is 0.0671. The maximum absolute atomic E-state index is 13.5. The first kappa shape index (κ1) is 22.2. The molecule has 7 heteroatoms. The topological polar surface area (TPSA) is 65.1 Å². The number of carbonyl (C=O) groups excluding carboxylic acids is 2. The van der Waals surface area contributed by atoms with Gasteiger partial charge < -0.3 is 14.2 Å². The summed E-state index contributed by atoms with van der Waals surface area (Å²) in [5.74, 6) is 1.08. The molecule has 1 heterocycles. The van der Waals surface area contributed by atoms with Crippen LogP contribution >= 0.6 is 11.6 Å². The zero-order valence-electron chi connectivity index (χ0n) is 18.7. The maximum Gasteiger partial charge on any atom is 0.232 e. The van der Waals surface area contributed by atoms with Gasteiger partial charge in [-0.3, -0.25) is 14.5 Å². The molecule has 1 amide bonds. The Bertz CT molecular complexity index is 1100. The predicted molar refractivity (Wildman–Crippen MR) is 123 cm³/mol. The summed E-state index contributed by atoms with van der Waals surface area (Å²) in [6.45, 7) is 1.89. The molecular weight excluding hydrogens is 430 g/mol. The summed E-state index contributed by atoms with van der Waals surface area (Å²) in [5.41, 5.74) is 3.79. The van der Waals surface area contributed by atoms with E-state index in [2.05, 4.69) is 0 Å². The van der Waals surface area contributed by atoms with Gasteiger partial charge in [-0.25, -0.2) is 0 Å². The smallest absolute Gasteiger partial charge is 0.232 e. The average molecular weight is 456 g/mol. The van der Waals surface area contributed by atoms with Gasteiger partial charge >= 0.3 is 0 Å². The SMILES string of the molecule is COc1cc([C@@H]2CC(=O)N(c3cccc(Cl)c3C)C3=C2C(=O)CCC3)cc(OC)c1OC. The van der Waals surface area contributed by atoms with E-state index in [1.807, 2.05) is 31.2 Å². The van der Waals surface area contributed by atoms with Crippen LogP contribution in [0.2, 0.25) is 5.02 Å². The van der Waals surface area contributed by atoms with Crippen LogP contribution in [0.5, 0.6) is 17.2 Å². The summed E-state index contributed by atoms with van der Waals surface area (Å²) in [5, 5.41) is 0.589. The highest BCUT2D eigenvalue weighted by atomic mass is 35.5. The highest BCUT2D eigenvalue weighted by Gasteiger charge is 2.40. The number of methoxy groups -OCH3 is 3. The van der Waals surface area contributed by atoms with Gasteiger partial charge in [-0.2, -0.15) is 0 Å². The number of ether oxygens (including phenoxy) is 3. The third-order valence-corrected chi connectivity index (χ3v) is 6.65. The fourth-order valence-electron chi connectivity index (χ4n) is 4.70. The Hall–Kier alpha value is -2.99. The van der Waals surface area contributed by atoms with Gasteiger partial charge in [0, 0.05) is 35.1 Å². The minimum Gasteiger partial charge on any atom is -0.493 e. The van der Waals surface area contributed by atoms with E-state index in [9.17, 15) is 9.59 Å². The summed E-state index contributed by atoms with van der Waals surface area (Å²) < 4.78 is 16.4. The van der Waals surface area contributed by atoms with Crippen molar-refractivity contribution < 1.29 is 23.8 Å². The van der Waals surface area contributed by atoms with Crippen LogP contribution in [-0.4, -0.2) is 33.0 Å². The van der Waals surface area contributed by atoms with Crippen LogP contribution in [0, 0.1) is 6.92 Å². The Morgan fingerprint density at radius 2 is 1.69 bits per heavy atom. The van der Waals surface area contributed by atoms with Crippen molar-refractivity contribution in [1.82, 2.24) is 0 Å². The first-order valence-electron chi connectivity index (χ1n) is 10.6. The zero-order chi connectivity index (χ0) is 23.0. The summed E-state index contributed by atoms with van der Waals surface area (Å²) >= 11 is 6.34. The molecule has 168 valence electrons. The maximum atomic E-state index is 13.5. The Balaban J connectivity index is 1.90. The third kappa shape index (κ3) is 3.62. The number of Topliss-reactive ketones (excluding diaryl/α,β-unsaturated/α-hetero) is 1. The van der Waals surface area contributed by atoms with Crippen molar-refractivity contribution in [2.45, 2.75) is 38.5 Å². The molecule has 32 heavy (non-hydrogen) atoms. The molecule has 6 nitrogen and oxygen atoms in total. The van der Waals surface area contributed by atoms with E-state index >= 15 is 0 Å². The summed E-state index contributed by atoms with van der Waals surface area (Å²) in [7, 11) is 4.64. The van der Waals surface area contributed by atoms with E-state index in [0.29, 0.717) is 47.1 Å². The molecule has 2 aromatic rings. The molecule has 0 unspecified atom stereocenters. The second kappa shape index (κ2) is 8.87. The molecule has 0 bridgehead atoms. The lowest BCUT2D eigenvalue weighted by Crippen LogP contribution is -2.41. The number of allylic oxidation sites excluding steroid dienone is 2. The van der Waals surface area contributed by atoms with E-state index in [1.54, 1.807) is 32.3 Å². The van der Waals surface area contributed by atoms with Crippen molar-refractivity contribution >= 4 is 29.0 Å². The molecule has 0 radical (unpaired) electrons. The normalized spacial score (nSPS) is 18.5. The number of rotatable bonds is 5. The van der Waals surface area contributed by atoms with E-state index in [1.165, 1.54) is 0 Å².